The van der Waals surface area contributed by atoms with Crippen LogP contribution in [0, 0.1) is 20.8 Å². The second kappa shape index (κ2) is 5.31. The first-order valence-electron chi connectivity index (χ1n) is 6.22. The van der Waals surface area contributed by atoms with Crippen LogP contribution in [0.15, 0.2) is 16.7 Å². The van der Waals surface area contributed by atoms with Crippen molar-refractivity contribution >= 4 is 0 Å². The highest BCUT2D eigenvalue weighted by atomic mass is 16.3. The van der Waals surface area contributed by atoms with Crippen molar-refractivity contribution in [3.8, 4) is 11.6 Å². The highest BCUT2D eigenvalue weighted by molar-refractivity contribution is 5.53. The lowest BCUT2D eigenvalue weighted by atomic mass is 10.1. The van der Waals surface area contributed by atoms with Gasteiger partial charge in [0.15, 0.2) is 11.6 Å². The first kappa shape index (κ1) is 12.8. The van der Waals surface area contributed by atoms with Gasteiger partial charge in [-0.3, -0.25) is 0 Å². The minimum atomic E-state index is 0.670. The highest BCUT2D eigenvalue weighted by Gasteiger charge is 2.13. The molecule has 0 aromatic carbocycles. The number of hydrogen-bond donors (Lipinski definition) is 1. The summed E-state index contributed by atoms with van der Waals surface area (Å²) in [4.78, 5) is 9.09. The molecule has 0 radical (unpaired) electrons. The van der Waals surface area contributed by atoms with Crippen LogP contribution in [0.5, 0.6) is 0 Å². The lowest BCUT2D eigenvalue weighted by Gasteiger charge is -2.09. The fourth-order valence-corrected chi connectivity index (χ4v) is 2.08. The lowest BCUT2D eigenvalue weighted by molar-refractivity contribution is 0.574. The Morgan fingerprint density at radius 1 is 1.17 bits per heavy atom. The SMILES string of the molecule is Cc1ccoc1-c1nc(C)c(CCCN)c(C)n1. The van der Waals surface area contributed by atoms with E-state index in [0.717, 1.165) is 35.6 Å². The molecule has 0 saturated carbocycles. The molecule has 0 unspecified atom stereocenters. The second-order valence-corrected chi connectivity index (χ2v) is 4.52. The molecule has 0 amide bonds. The topological polar surface area (TPSA) is 64.9 Å². The fourth-order valence-electron chi connectivity index (χ4n) is 2.08. The van der Waals surface area contributed by atoms with E-state index in [-0.39, 0.29) is 0 Å². The Morgan fingerprint density at radius 3 is 2.33 bits per heavy atom. The van der Waals surface area contributed by atoms with Crippen LogP contribution < -0.4 is 5.73 Å². The van der Waals surface area contributed by atoms with Crippen molar-refractivity contribution < 1.29 is 4.42 Å². The molecule has 18 heavy (non-hydrogen) atoms. The highest BCUT2D eigenvalue weighted by Crippen LogP contribution is 2.23. The van der Waals surface area contributed by atoms with Gasteiger partial charge in [0.1, 0.15) is 0 Å². The molecule has 0 atom stereocenters. The molecule has 2 rings (SSSR count). The lowest BCUT2D eigenvalue weighted by Crippen LogP contribution is -2.06. The van der Waals surface area contributed by atoms with E-state index in [4.69, 9.17) is 10.2 Å². The molecule has 0 bridgehead atoms. The monoisotopic (exact) mass is 245 g/mol. The van der Waals surface area contributed by atoms with Crippen LogP contribution in [-0.2, 0) is 6.42 Å². The first-order valence-corrected chi connectivity index (χ1v) is 6.22. The van der Waals surface area contributed by atoms with Crippen molar-refractivity contribution in [1.82, 2.24) is 9.97 Å². The summed E-state index contributed by atoms with van der Waals surface area (Å²) in [5.74, 6) is 1.43. The van der Waals surface area contributed by atoms with Crippen molar-refractivity contribution in [2.75, 3.05) is 6.54 Å². The summed E-state index contributed by atoms with van der Waals surface area (Å²) >= 11 is 0. The molecule has 4 nitrogen and oxygen atoms in total. The zero-order valence-electron chi connectivity index (χ0n) is 11.2. The average molecular weight is 245 g/mol. The maximum atomic E-state index is 5.55. The summed E-state index contributed by atoms with van der Waals surface area (Å²) in [6.45, 7) is 6.72. The Bertz CT molecular complexity index is 523. The van der Waals surface area contributed by atoms with Gasteiger partial charge in [-0.25, -0.2) is 9.97 Å². The van der Waals surface area contributed by atoms with E-state index in [9.17, 15) is 0 Å². The molecular formula is C14H19N3O. The molecule has 0 aliphatic rings. The van der Waals surface area contributed by atoms with Crippen molar-refractivity contribution in [1.29, 1.82) is 0 Å². The number of hydrogen-bond acceptors (Lipinski definition) is 4. The van der Waals surface area contributed by atoms with Gasteiger partial charge in [-0.05, 0) is 57.4 Å². The van der Waals surface area contributed by atoms with E-state index in [1.165, 1.54) is 5.56 Å². The first-order chi connectivity index (χ1) is 8.63. The minimum absolute atomic E-state index is 0.670. The van der Waals surface area contributed by atoms with E-state index in [2.05, 4.69) is 9.97 Å². The third-order valence-corrected chi connectivity index (χ3v) is 3.12. The van der Waals surface area contributed by atoms with E-state index in [1.807, 2.05) is 26.8 Å². The summed E-state index contributed by atoms with van der Waals surface area (Å²) in [5.41, 5.74) is 9.84. The van der Waals surface area contributed by atoms with Crippen molar-refractivity contribution in [3.63, 3.8) is 0 Å². The van der Waals surface area contributed by atoms with Gasteiger partial charge in [-0.15, -0.1) is 0 Å². The molecule has 0 saturated heterocycles. The number of aromatic nitrogens is 2. The normalized spacial score (nSPS) is 10.9. The number of nitrogens with two attached hydrogens (primary N) is 1. The Hall–Kier alpha value is -1.68. The van der Waals surface area contributed by atoms with Crippen LogP contribution in [0.2, 0.25) is 0 Å². The molecule has 0 aliphatic carbocycles. The van der Waals surface area contributed by atoms with Crippen LogP contribution in [-0.4, -0.2) is 16.5 Å². The minimum Gasteiger partial charge on any atom is -0.461 e. The summed E-state index contributed by atoms with van der Waals surface area (Å²) < 4.78 is 5.44. The van der Waals surface area contributed by atoms with Gasteiger partial charge in [0.05, 0.1) is 6.26 Å². The smallest absolute Gasteiger partial charge is 0.196 e. The van der Waals surface area contributed by atoms with Crippen LogP contribution in [0.1, 0.15) is 28.9 Å². The number of aryl methyl sites for hydroxylation is 3. The Labute approximate surface area is 107 Å². The van der Waals surface area contributed by atoms with Crippen LogP contribution in [0.25, 0.3) is 11.6 Å². The molecule has 2 aromatic heterocycles. The van der Waals surface area contributed by atoms with Crippen molar-refractivity contribution in [2.24, 2.45) is 5.73 Å². The molecule has 4 heteroatoms. The van der Waals surface area contributed by atoms with Crippen molar-refractivity contribution in [2.45, 2.75) is 33.6 Å². The third-order valence-electron chi connectivity index (χ3n) is 3.12. The molecular weight excluding hydrogens is 226 g/mol. The number of rotatable bonds is 4. The maximum absolute atomic E-state index is 5.55. The molecule has 2 aromatic rings. The molecule has 0 spiro atoms. The van der Waals surface area contributed by atoms with Gasteiger partial charge in [0.25, 0.3) is 0 Å². The predicted octanol–water partition coefficient (Wildman–Crippen LogP) is 2.55. The Balaban J connectivity index is 2.39. The maximum Gasteiger partial charge on any atom is 0.196 e. The van der Waals surface area contributed by atoms with Gasteiger partial charge in [0, 0.05) is 11.4 Å². The quantitative estimate of drug-likeness (QED) is 0.899. The molecule has 0 fully saturated rings. The standard InChI is InChI=1S/C14H19N3O/c1-9-6-8-18-13(9)14-16-10(2)12(5-4-7-15)11(3)17-14/h6,8H,4-5,7,15H2,1-3H3. The van der Waals surface area contributed by atoms with E-state index < -0.39 is 0 Å². The van der Waals surface area contributed by atoms with Gasteiger partial charge < -0.3 is 10.2 Å². The largest absolute Gasteiger partial charge is 0.461 e. The summed E-state index contributed by atoms with van der Waals surface area (Å²) in [6, 6.07) is 1.92. The zero-order chi connectivity index (χ0) is 13.1. The van der Waals surface area contributed by atoms with Crippen LogP contribution in [0.3, 0.4) is 0 Å². The van der Waals surface area contributed by atoms with Crippen LogP contribution >= 0.6 is 0 Å². The molecule has 96 valence electrons. The summed E-state index contributed by atoms with van der Waals surface area (Å²) in [6.07, 6.45) is 3.57. The van der Waals surface area contributed by atoms with Gasteiger partial charge in [0.2, 0.25) is 0 Å². The molecule has 2 heterocycles. The summed E-state index contributed by atoms with van der Waals surface area (Å²) in [7, 11) is 0. The number of furan rings is 1. The second-order valence-electron chi connectivity index (χ2n) is 4.52. The Kier molecular flexibility index (Phi) is 3.77. The van der Waals surface area contributed by atoms with E-state index in [0.29, 0.717) is 12.4 Å². The Morgan fingerprint density at radius 2 is 1.83 bits per heavy atom. The number of nitrogens with zero attached hydrogens (tertiary/aromatic N) is 2. The summed E-state index contributed by atoms with van der Waals surface area (Å²) in [5, 5.41) is 0. The third kappa shape index (κ3) is 2.43. The van der Waals surface area contributed by atoms with Gasteiger partial charge in [-0.2, -0.15) is 0 Å². The average Bonchev–Trinajstić information content (AvgIpc) is 2.74. The van der Waals surface area contributed by atoms with Crippen molar-refractivity contribution in [3.05, 3.63) is 34.8 Å². The molecule has 0 aliphatic heterocycles. The van der Waals surface area contributed by atoms with Gasteiger partial charge in [-0.1, -0.05) is 0 Å². The molecule has 2 N–H and O–H groups in total. The predicted molar refractivity (Wildman–Crippen MR) is 71.3 cm³/mol. The zero-order valence-corrected chi connectivity index (χ0v) is 11.2. The van der Waals surface area contributed by atoms with E-state index in [1.54, 1.807) is 6.26 Å². The van der Waals surface area contributed by atoms with Crippen LogP contribution in [0.4, 0.5) is 0 Å². The van der Waals surface area contributed by atoms with Gasteiger partial charge >= 0.3 is 0 Å². The van der Waals surface area contributed by atoms with E-state index >= 15 is 0 Å². The fraction of sp³-hybridized carbons (Fsp3) is 0.429.